The van der Waals surface area contributed by atoms with Crippen molar-refractivity contribution >= 4 is 5.97 Å². The van der Waals surface area contributed by atoms with E-state index in [1.54, 1.807) is 14.2 Å². The molecule has 0 aliphatic rings. The van der Waals surface area contributed by atoms with Crippen molar-refractivity contribution in [2.75, 3.05) is 27.9 Å². The minimum Gasteiger partial charge on any atom is -0.497 e. The first-order valence-corrected chi connectivity index (χ1v) is 6.64. The molecule has 1 atom stereocenters. The van der Waals surface area contributed by atoms with Crippen molar-refractivity contribution < 1.29 is 19.0 Å². The van der Waals surface area contributed by atoms with Crippen molar-refractivity contribution in [1.29, 1.82) is 0 Å². The first-order valence-electron chi connectivity index (χ1n) is 6.64. The number of methoxy groups -OCH3 is 3. The highest BCUT2D eigenvalue weighted by Crippen LogP contribution is 2.29. The zero-order valence-electron chi connectivity index (χ0n) is 12.6. The third-order valence-electron chi connectivity index (χ3n) is 3.14. The number of ether oxygens (including phenoxy) is 3. The summed E-state index contributed by atoms with van der Waals surface area (Å²) in [5.74, 6) is 1.43. The van der Waals surface area contributed by atoms with Crippen LogP contribution >= 0.6 is 0 Å². The number of rotatable bonds is 8. The minimum absolute atomic E-state index is 0.109. The van der Waals surface area contributed by atoms with E-state index >= 15 is 0 Å². The van der Waals surface area contributed by atoms with Crippen molar-refractivity contribution in [3.05, 3.63) is 23.8 Å². The van der Waals surface area contributed by atoms with E-state index < -0.39 is 0 Å². The van der Waals surface area contributed by atoms with Crippen LogP contribution in [0.15, 0.2) is 18.2 Å². The molecule has 1 aromatic rings. The van der Waals surface area contributed by atoms with Gasteiger partial charge in [0.25, 0.3) is 0 Å². The lowest BCUT2D eigenvalue weighted by Crippen LogP contribution is -2.21. The van der Waals surface area contributed by atoms with E-state index in [-0.39, 0.29) is 12.0 Å². The van der Waals surface area contributed by atoms with Gasteiger partial charge in [0.2, 0.25) is 0 Å². The Balaban J connectivity index is 2.57. The fourth-order valence-corrected chi connectivity index (χ4v) is 1.94. The van der Waals surface area contributed by atoms with E-state index in [4.69, 9.17) is 9.47 Å². The SMILES string of the molecule is COC(=O)CCCNC(C)c1cc(OC)ccc1OC. The molecule has 0 spiro atoms. The molecule has 1 N–H and O–H groups in total. The Hall–Kier alpha value is -1.75. The normalized spacial score (nSPS) is 11.8. The molecule has 0 saturated carbocycles. The number of nitrogens with one attached hydrogen (secondary N) is 1. The van der Waals surface area contributed by atoms with Gasteiger partial charge < -0.3 is 19.5 Å². The highest BCUT2D eigenvalue weighted by atomic mass is 16.5. The molecular formula is C15H23NO4. The van der Waals surface area contributed by atoms with Gasteiger partial charge in [0, 0.05) is 18.0 Å². The maximum atomic E-state index is 11.0. The highest BCUT2D eigenvalue weighted by Gasteiger charge is 2.12. The van der Waals surface area contributed by atoms with Crippen LogP contribution < -0.4 is 14.8 Å². The topological polar surface area (TPSA) is 56.8 Å². The van der Waals surface area contributed by atoms with Gasteiger partial charge in [0.15, 0.2) is 0 Å². The maximum Gasteiger partial charge on any atom is 0.305 e. The Kier molecular flexibility index (Phi) is 6.87. The third kappa shape index (κ3) is 4.74. The second kappa shape index (κ2) is 8.43. The molecule has 1 aromatic carbocycles. The number of carbonyl (C=O) groups excluding carboxylic acids is 1. The molecule has 0 aromatic heterocycles. The lowest BCUT2D eigenvalue weighted by molar-refractivity contribution is -0.140. The molecule has 0 saturated heterocycles. The Labute approximate surface area is 120 Å². The van der Waals surface area contributed by atoms with Crippen LogP contribution in [-0.2, 0) is 9.53 Å². The molecule has 20 heavy (non-hydrogen) atoms. The first-order chi connectivity index (χ1) is 9.62. The van der Waals surface area contributed by atoms with Crippen molar-refractivity contribution in [3.8, 4) is 11.5 Å². The number of benzene rings is 1. The van der Waals surface area contributed by atoms with Crippen LogP contribution in [0.2, 0.25) is 0 Å². The Morgan fingerprint density at radius 3 is 2.60 bits per heavy atom. The average Bonchev–Trinajstić information content (AvgIpc) is 2.50. The molecule has 0 aliphatic carbocycles. The van der Waals surface area contributed by atoms with Gasteiger partial charge in [0.1, 0.15) is 11.5 Å². The van der Waals surface area contributed by atoms with E-state index in [2.05, 4.69) is 17.0 Å². The molecule has 1 rings (SSSR count). The molecule has 1 unspecified atom stereocenters. The summed E-state index contributed by atoms with van der Waals surface area (Å²) < 4.78 is 15.2. The molecule has 5 heteroatoms. The molecule has 0 fully saturated rings. The predicted octanol–water partition coefficient (Wildman–Crippen LogP) is 2.31. The van der Waals surface area contributed by atoms with Gasteiger partial charge in [-0.1, -0.05) is 0 Å². The third-order valence-corrected chi connectivity index (χ3v) is 3.14. The first kappa shape index (κ1) is 16.3. The van der Waals surface area contributed by atoms with Gasteiger partial charge in [-0.05, 0) is 38.1 Å². The highest BCUT2D eigenvalue weighted by molar-refractivity contribution is 5.69. The second-order valence-electron chi connectivity index (χ2n) is 4.46. The van der Waals surface area contributed by atoms with Crippen LogP contribution in [0.1, 0.15) is 31.4 Å². The summed E-state index contributed by atoms with van der Waals surface area (Å²) in [7, 11) is 4.69. The van der Waals surface area contributed by atoms with E-state index in [1.165, 1.54) is 7.11 Å². The van der Waals surface area contributed by atoms with Crippen LogP contribution in [0.4, 0.5) is 0 Å². The van der Waals surface area contributed by atoms with Crippen molar-refractivity contribution in [2.24, 2.45) is 0 Å². The molecular weight excluding hydrogens is 258 g/mol. The minimum atomic E-state index is -0.182. The summed E-state index contributed by atoms with van der Waals surface area (Å²) in [5, 5.41) is 3.36. The summed E-state index contributed by atoms with van der Waals surface area (Å²) >= 11 is 0. The maximum absolute atomic E-state index is 11.0. The molecule has 0 amide bonds. The average molecular weight is 281 g/mol. The molecule has 0 bridgehead atoms. The Morgan fingerprint density at radius 1 is 1.25 bits per heavy atom. The second-order valence-corrected chi connectivity index (χ2v) is 4.46. The molecule has 5 nitrogen and oxygen atoms in total. The zero-order valence-corrected chi connectivity index (χ0v) is 12.6. The zero-order chi connectivity index (χ0) is 15.0. The fourth-order valence-electron chi connectivity index (χ4n) is 1.94. The van der Waals surface area contributed by atoms with Gasteiger partial charge >= 0.3 is 5.97 Å². The molecule has 0 heterocycles. The van der Waals surface area contributed by atoms with Crippen LogP contribution in [0.25, 0.3) is 0 Å². The van der Waals surface area contributed by atoms with Gasteiger partial charge in [-0.3, -0.25) is 4.79 Å². The van der Waals surface area contributed by atoms with Gasteiger partial charge in [-0.2, -0.15) is 0 Å². The summed E-state index contributed by atoms with van der Waals surface area (Å²) in [5.41, 5.74) is 1.03. The largest absolute Gasteiger partial charge is 0.497 e. The van der Waals surface area contributed by atoms with Crippen molar-refractivity contribution in [1.82, 2.24) is 5.32 Å². The Morgan fingerprint density at radius 2 is 2.00 bits per heavy atom. The van der Waals surface area contributed by atoms with E-state index in [0.29, 0.717) is 6.42 Å². The smallest absolute Gasteiger partial charge is 0.305 e. The van der Waals surface area contributed by atoms with E-state index in [9.17, 15) is 4.79 Å². The summed E-state index contributed by atoms with van der Waals surface area (Å²) in [6.07, 6.45) is 1.16. The fraction of sp³-hybridized carbons (Fsp3) is 0.533. The van der Waals surface area contributed by atoms with E-state index in [1.807, 2.05) is 18.2 Å². The quantitative estimate of drug-likeness (QED) is 0.585. The van der Waals surface area contributed by atoms with Crippen LogP contribution in [0.5, 0.6) is 11.5 Å². The lowest BCUT2D eigenvalue weighted by Gasteiger charge is -2.18. The van der Waals surface area contributed by atoms with Crippen LogP contribution in [0.3, 0.4) is 0 Å². The number of hydrogen-bond acceptors (Lipinski definition) is 5. The lowest BCUT2D eigenvalue weighted by atomic mass is 10.1. The van der Waals surface area contributed by atoms with E-state index in [0.717, 1.165) is 30.0 Å². The monoisotopic (exact) mass is 281 g/mol. The number of esters is 1. The molecule has 0 radical (unpaired) electrons. The molecule has 0 aliphatic heterocycles. The van der Waals surface area contributed by atoms with Gasteiger partial charge in [-0.25, -0.2) is 0 Å². The summed E-state index contributed by atoms with van der Waals surface area (Å²) in [6, 6.07) is 5.82. The Bertz CT molecular complexity index is 434. The van der Waals surface area contributed by atoms with Gasteiger partial charge in [-0.15, -0.1) is 0 Å². The molecule has 112 valence electrons. The van der Waals surface area contributed by atoms with Crippen LogP contribution in [-0.4, -0.2) is 33.8 Å². The van der Waals surface area contributed by atoms with Crippen molar-refractivity contribution in [2.45, 2.75) is 25.8 Å². The standard InChI is InChI=1S/C15H23NO4/c1-11(16-9-5-6-15(17)20-4)13-10-12(18-2)7-8-14(13)19-3/h7-8,10-11,16H,5-6,9H2,1-4H3. The predicted molar refractivity (Wildman–Crippen MR) is 77.2 cm³/mol. The summed E-state index contributed by atoms with van der Waals surface area (Å²) in [6.45, 7) is 2.78. The number of hydrogen-bond donors (Lipinski definition) is 1. The van der Waals surface area contributed by atoms with Gasteiger partial charge in [0.05, 0.1) is 21.3 Å². The number of carbonyl (C=O) groups is 1. The van der Waals surface area contributed by atoms with Crippen molar-refractivity contribution in [3.63, 3.8) is 0 Å². The van der Waals surface area contributed by atoms with Crippen LogP contribution in [0, 0.1) is 0 Å². The summed E-state index contributed by atoms with van der Waals surface area (Å²) in [4.78, 5) is 11.0.